The lowest BCUT2D eigenvalue weighted by molar-refractivity contribution is 0.0614. The second-order valence-electron chi connectivity index (χ2n) is 8.29. The average Bonchev–Trinajstić information content (AvgIpc) is 3.23. The Labute approximate surface area is 196 Å². The normalized spacial score (nSPS) is 16.4. The Kier molecular flexibility index (Phi) is 8.08. The Hall–Kier alpha value is -2.72. The van der Waals surface area contributed by atoms with Crippen LogP contribution in [-0.2, 0) is 10.3 Å². The molecule has 3 rings (SSSR count). The number of aliphatic hydroxyl groups is 1. The monoisotopic (exact) mass is 477 g/mol. The lowest BCUT2D eigenvalue weighted by Crippen LogP contribution is -2.19. The molecule has 1 aliphatic heterocycles. The number of anilines is 1. The number of aldehydes is 1. The quantitative estimate of drug-likeness (QED) is 0.509. The van der Waals surface area contributed by atoms with Gasteiger partial charge >= 0.3 is 0 Å². The van der Waals surface area contributed by atoms with E-state index in [2.05, 4.69) is 29.2 Å². The number of carbonyl (C=O) groups excluding carboxylic acids is 1. The van der Waals surface area contributed by atoms with Crippen LogP contribution in [0.2, 0.25) is 0 Å². The van der Waals surface area contributed by atoms with Crippen LogP contribution in [0.25, 0.3) is 10.4 Å². The second kappa shape index (κ2) is 10.0. The van der Waals surface area contributed by atoms with Gasteiger partial charge in [0.05, 0.1) is 29.1 Å². The van der Waals surface area contributed by atoms with Gasteiger partial charge in [0.1, 0.15) is 22.5 Å². The van der Waals surface area contributed by atoms with E-state index in [0.717, 1.165) is 29.0 Å². The molecule has 0 bridgehead atoms. The van der Waals surface area contributed by atoms with Gasteiger partial charge in [-0.05, 0) is 58.5 Å². The van der Waals surface area contributed by atoms with Gasteiger partial charge in [0, 0.05) is 16.0 Å². The van der Waals surface area contributed by atoms with E-state index in [-0.39, 0.29) is 34.0 Å². The van der Waals surface area contributed by atoms with Gasteiger partial charge in [0.2, 0.25) is 0 Å². The molecule has 0 aliphatic carbocycles. The van der Waals surface area contributed by atoms with E-state index in [1.165, 1.54) is 27.0 Å². The Morgan fingerprint density at radius 2 is 1.88 bits per heavy atom. The number of nitrogens with one attached hydrogen (secondary N) is 1. The van der Waals surface area contributed by atoms with Crippen LogP contribution in [0.3, 0.4) is 0 Å². The third-order valence-corrected chi connectivity index (χ3v) is 6.14. The molecule has 1 saturated heterocycles. The minimum atomic E-state index is -1.39. The van der Waals surface area contributed by atoms with E-state index in [1.807, 2.05) is 13.8 Å². The standard InChI is InChI=1S/C23H24F2N2O3S.CH5N/c1-12-18(11-30-23(12,5)6)26-13(2)27-21-14(10-28)7-19(31-21)20-16(24)8-15(9-17(20)25)22(3,4)29;1-2/h7-10,27,29H,1-2,11H2,3-6H3;2H2,1H3/b26-18-;. The van der Waals surface area contributed by atoms with Gasteiger partial charge in [-0.15, -0.1) is 11.3 Å². The van der Waals surface area contributed by atoms with E-state index >= 15 is 0 Å². The first-order valence-electron chi connectivity index (χ1n) is 10.1. The predicted molar refractivity (Wildman–Crippen MR) is 130 cm³/mol. The molecule has 1 fully saturated rings. The third kappa shape index (κ3) is 5.80. The Balaban J connectivity index is 0.00000187. The summed E-state index contributed by atoms with van der Waals surface area (Å²) in [5.41, 5.74) is 4.01. The number of thiophene rings is 1. The molecular weight excluding hydrogens is 448 g/mol. The van der Waals surface area contributed by atoms with Crippen molar-refractivity contribution in [1.29, 1.82) is 0 Å². The summed E-state index contributed by atoms with van der Waals surface area (Å²) in [7, 11) is 1.50. The van der Waals surface area contributed by atoms with Gasteiger partial charge in [-0.3, -0.25) is 4.79 Å². The Morgan fingerprint density at radius 3 is 2.33 bits per heavy atom. The number of halogens is 2. The highest BCUT2D eigenvalue weighted by atomic mass is 32.1. The summed E-state index contributed by atoms with van der Waals surface area (Å²) in [6.45, 7) is 14.8. The number of carbonyl (C=O) groups is 1. The molecule has 2 heterocycles. The first-order chi connectivity index (χ1) is 15.3. The number of benzene rings is 1. The molecule has 0 saturated carbocycles. The average molecular weight is 478 g/mol. The minimum absolute atomic E-state index is 0.114. The van der Waals surface area contributed by atoms with Crippen LogP contribution in [-0.4, -0.2) is 36.4 Å². The summed E-state index contributed by atoms with van der Waals surface area (Å²) in [5.74, 6) is -1.42. The lowest BCUT2D eigenvalue weighted by atomic mass is 9.96. The summed E-state index contributed by atoms with van der Waals surface area (Å²) < 4.78 is 35.0. The third-order valence-electron chi connectivity index (χ3n) is 5.06. The van der Waals surface area contributed by atoms with E-state index < -0.39 is 22.8 Å². The van der Waals surface area contributed by atoms with Gasteiger partial charge in [-0.1, -0.05) is 13.2 Å². The van der Waals surface area contributed by atoms with Crippen molar-refractivity contribution < 1.29 is 23.4 Å². The van der Waals surface area contributed by atoms with Crippen LogP contribution in [0.15, 0.2) is 47.7 Å². The van der Waals surface area contributed by atoms with Crippen molar-refractivity contribution in [2.24, 2.45) is 10.7 Å². The van der Waals surface area contributed by atoms with Crippen LogP contribution < -0.4 is 11.1 Å². The van der Waals surface area contributed by atoms with Gasteiger partial charge < -0.3 is 20.9 Å². The first kappa shape index (κ1) is 26.5. The molecule has 4 N–H and O–H groups in total. The van der Waals surface area contributed by atoms with Crippen LogP contribution in [0.5, 0.6) is 0 Å². The van der Waals surface area contributed by atoms with Crippen molar-refractivity contribution in [3.05, 3.63) is 65.5 Å². The molecular formula is C24H29F2N3O3S. The largest absolute Gasteiger partial charge is 0.386 e. The number of hydrogen-bond donors (Lipinski definition) is 3. The number of hydrogen-bond acceptors (Lipinski definition) is 7. The molecule has 0 atom stereocenters. The Morgan fingerprint density at radius 1 is 1.30 bits per heavy atom. The SMILES string of the molecule is C=C(/N=C1/COC(C)(C)C1=C)Nc1sc(-c2c(F)cc(C(C)(C)O)cc2F)cc1C=O.CN. The topological polar surface area (TPSA) is 96.9 Å². The number of nitrogens with two attached hydrogens (primary N) is 1. The smallest absolute Gasteiger partial charge is 0.153 e. The van der Waals surface area contributed by atoms with Crippen molar-refractivity contribution in [3.63, 3.8) is 0 Å². The van der Waals surface area contributed by atoms with E-state index in [4.69, 9.17) is 4.74 Å². The second-order valence-corrected chi connectivity index (χ2v) is 9.35. The summed E-state index contributed by atoms with van der Waals surface area (Å²) in [6, 6.07) is 3.57. The van der Waals surface area contributed by atoms with Gasteiger partial charge in [-0.2, -0.15) is 0 Å². The number of nitrogens with zero attached hydrogens (tertiary/aromatic N) is 1. The zero-order valence-electron chi connectivity index (χ0n) is 19.4. The van der Waals surface area contributed by atoms with Crippen molar-refractivity contribution in [3.8, 4) is 10.4 Å². The molecule has 2 aromatic rings. The first-order valence-corrected chi connectivity index (χ1v) is 10.9. The molecule has 0 radical (unpaired) electrons. The van der Waals surface area contributed by atoms with Crippen molar-refractivity contribution in [1.82, 2.24) is 0 Å². The molecule has 33 heavy (non-hydrogen) atoms. The van der Waals surface area contributed by atoms with Crippen LogP contribution in [0, 0.1) is 11.6 Å². The maximum absolute atomic E-state index is 14.7. The summed E-state index contributed by atoms with van der Waals surface area (Å²) in [4.78, 5) is 16.1. The summed E-state index contributed by atoms with van der Waals surface area (Å²) >= 11 is 0.997. The van der Waals surface area contributed by atoms with Crippen molar-refractivity contribution in [2.75, 3.05) is 19.0 Å². The lowest BCUT2D eigenvalue weighted by Gasteiger charge is -2.18. The molecule has 0 spiro atoms. The molecule has 1 aromatic heterocycles. The fourth-order valence-electron chi connectivity index (χ4n) is 3.07. The predicted octanol–water partition coefficient (Wildman–Crippen LogP) is 5.00. The highest BCUT2D eigenvalue weighted by Crippen LogP contribution is 2.39. The molecule has 6 nitrogen and oxygen atoms in total. The molecule has 1 aromatic carbocycles. The molecule has 178 valence electrons. The Bertz CT molecular complexity index is 1090. The fourth-order valence-corrected chi connectivity index (χ4v) is 4.16. The van der Waals surface area contributed by atoms with Crippen LogP contribution in [0.1, 0.15) is 43.6 Å². The van der Waals surface area contributed by atoms with E-state index in [0.29, 0.717) is 17.0 Å². The van der Waals surface area contributed by atoms with E-state index in [9.17, 15) is 18.7 Å². The number of rotatable bonds is 6. The maximum Gasteiger partial charge on any atom is 0.153 e. The van der Waals surface area contributed by atoms with Gasteiger partial charge in [0.15, 0.2) is 6.29 Å². The summed E-state index contributed by atoms with van der Waals surface area (Å²) in [6.07, 6.45) is 0.588. The molecule has 0 amide bonds. The number of ether oxygens (including phenoxy) is 1. The molecule has 9 heteroatoms. The highest BCUT2D eigenvalue weighted by Gasteiger charge is 2.33. The van der Waals surface area contributed by atoms with Crippen LogP contribution >= 0.6 is 11.3 Å². The van der Waals surface area contributed by atoms with Crippen molar-refractivity contribution in [2.45, 2.75) is 38.9 Å². The van der Waals surface area contributed by atoms with Crippen molar-refractivity contribution >= 4 is 28.3 Å². The van der Waals surface area contributed by atoms with Crippen LogP contribution in [0.4, 0.5) is 13.8 Å². The maximum atomic E-state index is 14.7. The molecule has 0 unspecified atom stereocenters. The zero-order valence-corrected chi connectivity index (χ0v) is 20.2. The highest BCUT2D eigenvalue weighted by molar-refractivity contribution is 7.19. The summed E-state index contributed by atoms with van der Waals surface area (Å²) in [5, 5.41) is 13.3. The van der Waals surface area contributed by atoms with E-state index in [1.54, 1.807) is 0 Å². The van der Waals surface area contributed by atoms with Gasteiger partial charge in [0.25, 0.3) is 0 Å². The molecule has 1 aliphatic rings. The fraction of sp³-hybridized carbons (Fsp3) is 0.333. The zero-order chi connectivity index (χ0) is 25.1. The minimum Gasteiger partial charge on any atom is -0.386 e. The number of aliphatic imine (C=N–C) groups is 1. The van der Waals surface area contributed by atoms with Gasteiger partial charge in [-0.25, -0.2) is 13.8 Å².